The third kappa shape index (κ3) is 5.31. The smallest absolute Gasteiger partial charge is 0.260 e. The van der Waals surface area contributed by atoms with Crippen molar-refractivity contribution in [3.63, 3.8) is 0 Å². The number of rotatable bonds is 7. The van der Waals surface area contributed by atoms with Gasteiger partial charge < -0.3 is 15.1 Å². The number of nitrogens with zero attached hydrogens (tertiary/aromatic N) is 4. The second-order valence-corrected chi connectivity index (χ2v) is 12.3. The van der Waals surface area contributed by atoms with Gasteiger partial charge in [0.1, 0.15) is 11.3 Å². The molecule has 206 valence electrons. The summed E-state index contributed by atoms with van der Waals surface area (Å²) >= 11 is 3.40. The Hall–Kier alpha value is -3.46. The molecule has 0 amide bonds. The molecule has 0 unspecified atom stereocenters. The van der Waals surface area contributed by atoms with Crippen molar-refractivity contribution in [2.45, 2.75) is 33.2 Å². The minimum atomic E-state index is 0.00816. The molecule has 1 N–H and O–H groups in total. The van der Waals surface area contributed by atoms with Crippen molar-refractivity contribution in [3.8, 4) is 20.2 Å². The van der Waals surface area contributed by atoms with Crippen LogP contribution in [-0.4, -0.2) is 42.7 Å². The lowest BCUT2D eigenvalue weighted by molar-refractivity contribution is 0.313. The molecule has 5 heterocycles. The van der Waals surface area contributed by atoms with E-state index in [0.29, 0.717) is 6.54 Å². The number of fused-ring (bicyclic) bond motifs is 1. The molecule has 8 heteroatoms. The van der Waals surface area contributed by atoms with Crippen LogP contribution < -0.4 is 26.5 Å². The molecule has 4 aromatic rings. The Labute approximate surface area is 243 Å². The zero-order valence-corrected chi connectivity index (χ0v) is 24.9. The van der Waals surface area contributed by atoms with E-state index in [1.54, 1.807) is 22.7 Å². The number of piperazine rings is 1. The van der Waals surface area contributed by atoms with Crippen LogP contribution in [0.2, 0.25) is 0 Å². The van der Waals surface area contributed by atoms with E-state index in [1.807, 2.05) is 17.6 Å². The van der Waals surface area contributed by atoms with Gasteiger partial charge in [0.05, 0.1) is 5.56 Å². The molecule has 1 aromatic carbocycles. The highest BCUT2D eigenvalue weighted by Crippen LogP contribution is 2.35. The lowest BCUT2D eigenvalue weighted by Crippen LogP contribution is -2.44. The number of hydrogen-bond acceptors (Lipinski definition) is 7. The molecule has 2 aliphatic heterocycles. The standard InChI is InChI=1S/C32H35N5OS2/c1-4-22-8-9-23-21-26(27-14-15-29(40-27)28-7-6-20-39-28)32(38)37(5-2)31(23)34-30(22)33-24-10-12-25(13-11-24)36-18-16-35(3)17-19-36/h6-7,9-15,20-21,33H,4-5,8,16-19H2,1-3H3. The average molecular weight is 570 g/mol. The molecule has 2 aliphatic rings. The second kappa shape index (κ2) is 11.6. The van der Waals surface area contributed by atoms with E-state index in [9.17, 15) is 4.79 Å². The van der Waals surface area contributed by atoms with Crippen molar-refractivity contribution in [2.24, 2.45) is 4.99 Å². The van der Waals surface area contributed by atoms with Crippen LogP contribution in [0.5, 0.6) is 0 Å². The number of thiophene rings is 2. The van der Waals surface area contributed by atoms with Gasteiger partial charge in [0.15, 0.2) is 0 Å². The molecular formula is C32H35N5OS2. The molecule has 0 atom stereocenters. The second-order valence-electron chi connectivity index (χ2n) is 10.3. The van der Waals surface area contributed by atoms with E-state index >= 15 is 0 Å². The van der Waals surface area contributed by atoms with Gasteiger partial charge in [0.2, 0.25) is 0 Å². The molecular weight excluding hydrogens is 535 g/mol. The summed E-state index contributed by atoms with van der Waals surface area (Å²) in [5, 5.41) is 6.69. The van der Waals surface area contributed by atoms with Crippen LogP contribution in [0.25, 0.3) is 26.3 Å². The van der Waals surface area contributed by atoms with Crippen LogP contribution in [0, 0.1) is 0 Å². The number of anilines is 2. The summed E-state index contributed by atoms with van der Waals surface area (Å²) in [6.07, 6.45) is 3.90. The predicted octanol–water partition coefficient (Wildman–Crippen LogP) is 5.61. The summed E-state index contributed by atoms with van der Waals surface area (Å²) in [5.41, 5.74) is 4.97. The Bertz CT molecular complexity index is 1710. The first-order chi connectivity index (χ1) is 19.5. The number of aromatic nitrogens is 1. The molecule has 0 radical (unpaired) electrons. The zero-order chi connectivity index (χ0) is 27.6. The summed E-state index contributed by atoms with van der Waals surface area (Å²) in [5.74, 6) is 0.843. The molecule has 0 bridgehead atoms. The summed E-state index contributed by atoms with van der Waals surface area (Å²) in [6, 6.07) is 19.1. The largest absolute Gasteiger partial charge is 0.369 e. The van der Waals surface area contributed by atoms with Gasteiger partial charge in [0, 0.05) is 63.9 Å². The highest BCUT2D eigenvalue weighted by molar-refractivity contribution is 7.23. The topological polar surface area (TPSA) is 52.9 Å². The van der Waals surface area contributed by atoms with Crippen molar-refractivity contribution < 1.29 is 0 Å². The van der Waals surface area contributed by atoms with E-state index in [4.69, 9.17) is 4.99 Å². The molecule has 0 saturated carbocycles. The maximum absolute atomic E-state index is 13.8. The fourth-order valence-corrected chi connectivity index (χ4v) is 7.21. The fraction of sp³-hybridized carbons (Fsp3) is 0.312. The number of likely N-dealkylation sites (N-methyl/N-ethyl adjacent to an activating group) is 1. The maximum atomic E-state index is 13.8. The van der Waals surface area contributed by atoms with Gasteiger partial charge >= 0.3 is 0 Å². The number of hydrogen-bond donors (Lipinski definition) is 1. The van der Waals surface area contributed by atoms with E-state index in [-0.39, 0.29) is 5.56 Å². The normalized spacial score (nSPS) is 15.8. The number of benzene rings is 1. The van der Waals surface area contributed by atoms with E-state index in [1.165, 1.54) is 21.0 Å². The van der Waals surface area contributed by atoms with E-state index in [0.717, 1.165) is 71.7 Å². The molecule has 0 spiro atoms. The van der Waals surface area contributed by atoms with Crippen LogP contribution in [0.3, 0.4) is 0 Å². The minimum absolute atomic E-state index is 0.00816. The summed E-state index contributed by atoms with van der Waals surface area (Å²) < 4.78 is 1.82. The summed E-state index contributed by atoms with van der Waals surface area (Å²) in [7, 11) is 2.18. The molecule has 0 aliphatic carbocycles. The van der Waals surface area contributed by atoms with Gasteiger partial charge in [-0.2, -0.15) is 0 Å². The lowest BCUT2D eigenvalue weighted by atomic mass is 10.1. The van der Waals surface area contributed by atoms with Gasteiger partial charge in [-0.3, -0.25) is 9.36 Å². The van der Waals surface area contributed by atoms with Crippen LogP contribution in [0.1, 0.15) is 26.7 Å². The number of allylic oxidation sites excluding steroid dienone is 1. The Balaban J connectivity index is 1.34. The van der Waals surface area contributed by atoms with E-state index in [2.05, 4.69) is 89.1 Å². The maximum Gasteiger partial charge on any atom is 0.260 e. The lowest BCUT2D eigenvalue weighted by Gasteiger charge is -2.34. The molecule has 1 saturated heterocycles. The van der Waals surface area contributed by atoms with Crippen molar-refractivity contribution in [2.75, 3.05) is 43.4 Å². The van der Waals surface area contributed by atoms with Crippen LogP contribution >= 0.6 is 22.7 Å². The Morgan fingerprint density at radius 3 is 2.42 bits per heavy atom. The Morgan fingerprint density at radius 2 is 1.73 bits per heavy atom. The van der Waals surface area contributed by atoms with Crippen LogP contribution in [0.15, 0.2) is 81.2 Å². The predicted molar refractivity (Wildman–Crippen MR) is 170 cm³/mol. The Kier molecular flexibility index (Phi) is 7.74. The van der Waals surface area contributed by atoms with Crippen molar-refractivity contribution in [1.29, 1.82) is 0 Å². The van der Waals surface area contributed by atoms with Crippen LogP contribution in [0.4, 0.5) is 11.4 Å². The van der Waals surface area contributed by atoms with Gasteiger partial charge in [-0.15, -0.1) is 22.7 Å². The van der Waals surface area contributed by atoms with Gasteiger partial charge in [-0.25, -0.2) is 4.99 Å². The zero-order valence-electron chi connectivity index (χ0n) is 23.3. The van der Waals surface area contributed by atoms with Gasteiger partial charge in [-0.1, -0.05) is 19.1 Å². The van der Waals surface area contributed by atoms with Crippen molar-refractivity contribution >= 4 is 40.1 Å². The SMILES string of the molecule is CCC1=C(Nc2ccc(N3CCN(C)CC3)cc2)N=c2c(cc(-c3ccc(-c4cccs4)s3)c(=O)n2CC)=CC1. The highest BCUT2D eigenvalue weighted by atomic mass is 32.1. The van der Waals surface area contributed by atoms with Crippen molar-refractivity contribution in [1.82, 2.24) is 9.47 Å². The third-order valence-electron chi connectivity index (χ3n) is 7.79. The quantitative estimate of drug-likeness (QED) is 0.314. The monoisotopic (exact) mass is 569 g/mol. The fourth-order valence-electron chi connectivity index (χ4n) is 5.36. The molecule has 1 fully saturated rings. The van der Waals surface area contributed by atoms with Gasteiger partial charge in [-0.05, 0) is 86.3 Å². The highest BCUT2D eigenvalue weighted by Gasteiger charge is 2.17. The first kappa shape index (κ1) is 26.7. The molecule has 40 heavy (non-hydrogen) atoms. The van der Waals surface area contributed by atoms with Gasteiger partial charge in [0.25, 0.3) is 5.56 Å². The number of pyridine rings is 1. The Morgan fingerprint density at radius 1 is 0.950 bits per heavy atom. The molecule has 3 aromatic heterocycles. The van der Waals surface area contributed by atoms with Crippen molar-refractivity contribution in [3.05, 3.63) is 92.4 Å². The summed E-state index contributed by atoms with van der Waals surface area (Å²) in [6.45, 7) is 9.02. The molecule has 6 nitrogen and oxygen atoms in total. The minimum Gasteiger partial charge on any atom is -0.369 e. The number of nitrogens with one attached hydrogen (secondary N) is 1. The average Bonchev–Trinajstić information content (AvgIpc) is 3.65. The first-order valence-electron chi connectivity index (χ1n) is 14.0. The van der Waals surface area contributed by atoms with E-state index < -0.39 is 0 Å². The van der Waals surface area contributed by atoms with Crippen LogP contribution in [-0.2, 0) is 6.54 Å². The third-order valence-corrected chi connectivity index (χ3v) is 9.97. The first-order valence-corrected chi connectivity index (χ1v) is 15.7. The summed E-state index contributed by atoms with van der Waals surface area (Å²) in [4.78, 5) is 27.1. The molecule has 6 rings (SSSR count).